The van der Waals surface area contributed by atoms with Crippen molar-refractivity contribution in [2.45, 2.75) is 54.1 Å². The monoisotopic (exact) mass is 316 g/mol. The molecule has 0 bridgehead atoms. The zero-order valence-corrected chi connectivity index (χ0v) is 14.3. The molecule has 0 spiro atoms. The summed E-state index contributed by atoms with van der Waals surface area (Å²) in [5, 5.41) is 0. The molecule has 0 aliphatic heterocycles. The van der Waals surface area contributed by atoms with Crippen LogP contribution in [0, 0.1) is 11.8 Å². The first-order valence-corrected chi connectivity index (χ1v) is 7.53. The number of esters is 2. The van der Waals surface area contributed by atoms with Crippen LogP contribution in [0.1, 0.15) is 41.5 Å². The quantitative estimate of drug-likeness (QED) is 0.350. The normalized spacial score (nSPS) is 14.4. The lowest BCUT2D eigenvalue weighted by Gasteiger charge is -2.15. The van der Waals surface area contributed by atoms with Crippen molar-refractivity contribution in [1.29, 1.82) is 0 Å². The van der Waals surface area contributed by atoms with E-state index in [-0.39, 0.29) is 0 Å². The molecule has 0 N–H and O–H groups in total. The molecule has 2 atom stereocenters. The van der Waals surface area contributed by atoms with Gasteiger partial charge in [-0.3, -0.25) is 0 Å². The maximum atomic E-state index is 11.5. The van der Waals surface area contributed by atoms with Gasteiger partial charge in [0, 0.05) is 12.2 Å². The summed E-state index contributed by atoms with van der Waals surface area (Å²) in [5.41, 5.74) is 0. The van der Waals surface area contributed by atoms with Gasteiger partial charge in [-0.2, -0.15) is 0 Å². The predicted octanol–water partition coefficient (Wildman–Crippen LogP) is 2.67. The van der Waals surface area contributed by atoms with Gasteiger partial charge in [-0.05, 0) is 25.7 Å². The zero-order valence-electron chi connectivity index (χ0n) is 14.3. The Morgan fingerprint density at radius 2 is 1.05 bits per heavy atom. The molecule has 0 aromatic carbocycles. The van der Waals surface area contributed by atoms with Crippen LogP contribution in [-0.4, -0.2) is 37.7 Å². The molecular formula is C16H28O6. The van der Waals surface area contributed by atoms with Gasteiger partial charge in [-0.15, -0.1) is 0 Å². The Balaban J connectivity index is 4.02. The highest BCUT2D eigenvalue weighted by Crippen LogP contribution is 2.02. The summed E-state index contributed by atoms with van der Waals surface area (Å²) in [7, 11) is 0. The predicted molar refractivity (Wildman–Crippen MR) is 81.8 cm³/mol. The minimum Gasteiger partial charge on any atom is -0.433 e. The van der Waals surface area contributed by atoms with E-state index >= 15 is 0 Å². The van der Waals surface area contributed by atoms with Crippen LogP contribution in [0.25, 0.3) is 0 Å². The first-order valence-electron chi connectivity index (χ1n) is 7.53. The van der Waals surface area contributed by atoms with Gasteiger partial charge in [-0.25, -0.2) is 9.59 Å². The van der Waals surface area contributed by atoms with E-state index in [1.165, 1.54) is 0 Å². The summed E-state index contributed by atoms with van der Waals surface area (Å²) in [5.74, 6) is -0.633. The molecule has 0 amide bonds. The summed E-state index contributed by atoms with van der Waals surface area (Å²) >= 11 is 0. The topological polar surface area (TPSA) is 71.1 Å². The maximum Gasteiger partial charge on any atom is 0.333 e. The van der Waals surface area contributed by atoms with E-state index in [0.717, 1.165) is 12.2 Å². The molecule has 6 nitrogen and oxygen atoms in total. The van der Waals surface area contributed by atoms with Crippen LogP contribution in [-0.2, 0) is 28.5 Å². The molecule has 0 aromatic rings. The average Bonchev–Trinajstić information content (AvgIpc) is 2.40. The molecule has 0 heterocycles. The van der Waals surface area contributed by atoms with Crippen LogP contribution in [0.2, 0.25) is 0 Å². The van der Waals surface area contributed by atoms with Crippen molar-refractivity contribution in [3.8, 4) is 0 Å². The van der Waals surface area contributed by atoms with E-state index in [4.69, 9.17) is 18.9 Å². The van der Waals surface area contributed by atoms with E-state index < -0.39 is 24.5 Å². The molecule has 22 heavy (non-hydrogen) atoms. The van der Waals surface area contributed by atoms with Crippen LogP contribution in [0.3, 0.4) is 0 Å². The lowest BCUT2D eigenvalue weighted by atomic mass is 10.2. The molecule has 2 unspecified atom stereocenters. The number of rotatable bonds is 10. The Hall–Kier alpha value is -1.40. The molecule has 0 radical (unpaired) electrons. The fourth-order valence-corrected chi connectivity index (χ4v) is 1.27. The second-order valence-corrected chi connectivity index (χ2v) is 5.80. The van der Waals surface area contributed by atoms with Crippen molar-refractivity contribution in [1.82, 2.24) is 0 Å². The maximum absolute atomic E-state index is 11.5. The second kappa shape index (κ2) is 11.2. The third-order valence-corrected chi connectivity index (χ3v) is 2.25. The third-order valence-electron chi connectivity index (χ3n) is 2.25. The summed E-state index contributed by atoms with van der Waals surface area (Å²) in [4.78, 5) is 23.0. The Kier molecular flexibility index (Phi) is 10.5. The number of hydrogen-bond donors (Lipinski definition) is 0. The molecule has 0 fully saturated rings. The van der Waals surface area contributed by atoms with Gasteiger partial charge < -0.3 is 18.9 Å². The van der Waals surface area contributed by atoms with Crippen molar-refractivity contribution >= 4 is 11.9 Å². The van der Waals surface area contributed by atoms with Gasteiger partial charge in [0.25, 0.3) is 0 Å². The van der Waals surface area contributed by atoms with E-state index in [2.05, 4.69) is 0 Å². The van der Waals surface area contributed by atoms with Gasteiger partial charge in [0.15, 0.2) is 12.6 Å². The molecule has 128 valence electrons. The third kappa shape index (κ3) is 12.3. The van der Waals surface area contributed by atoms with Gasteiger partial charge >= 0.3 is 11.9 Å². The molecule has 0 saturated carbocycles. The average molecular weight is 316 g/mol. The summed E-state index contributed by atoms with van der Waals surface area (Å²) < 4.78 is 20.5. The van der Waals surface area contributed by atoms with Gasteiger partial charge in [0.1, 0.15) is 0 Å². The van der Waals surface area contributed by atoms with Gasteiger partial charge in [-0.1, -0.05) is 27.7 Å². The summed E-state index contributed by atoms with van der Waals surface area (Å²) in [6.07, 6.45) is 0.687. The number of hydrogen-bond acceptors (Lipinski definition) is 6. The molecular weight excluding hydrogens is 288 g/mol. The largest absolute Gasteiger partial charge is 0.433 e. The Morgan fingerprint density at radius 1 is 0.727 bits per heavy atom. The minimum absolute atomic E-state index is 0.346. The highest BCUT2D eigenvalue weighted by Gasteiger charge is 2.10. The van der Waals surface area contributed by atoms with Crippen molar-refractivity contribution in [2.75, 3.05) is 13.2 Å². The molecule has 0 aromatic heterocycles. The summed E-state index contributed by atoms with van der Waals surface area (Å²) in [6, 6.07) is 0. The van der Waals surface area contributed by atoms with Crippen LogP contribution in [0.5, 0.6) is 0 Å². The molecule has 0 aliphatic rings. The van der Waals surface area contributed by atoms with Crippen LogP contribution in [0.15, 0.2) is 12.2 Å². The highest BCUT2D eigenvalue weighted by atomic mass is 16.7. The fraction of sp³-hybridized carbons (Fsp3) is 0.750. The molecule has 6 heteroatoms. The molecule has 0 aliphatic carbocycles. The minimum atomic E-state index is -0.663. The smallest absolute Gasteiger partial charge is 0.333 e. The first-order chi connectivity index (χ1) is 10.2. The summed E-state index contributed by atoms with van der Waals surface area (Å²) in [6.45, 7) is 12.2. The van der Waals surface area contributed by atoms with E-state index in [9.17, 15) is 9.59 Å². The standard InChI is InChI=1S/C16H28O6/c1-11(2)9-19-13(5)21-15(17)7-8-16(18)22-14(6)20-10-12(3)4/h7-8,11-14H,9-10H2,1-6H3/b8-7-. The van der Waals surface area contributed by atoms with Crippen LogP contribution >= 0.6 is 0 Å². The number of ether oxygens (including phenoxy) is 4. The molecule has 0 rings (SSSR count). The molecule has 0 saturated heterocycles. The first kappa shape index (κ1) is 20.6. The van der Waals surface area contributed by atoms with E-state index in [1.807, 2.05) is 27.7 Å². The Labute approximate surface area is 132 Å². The number of carbonyl (C=O) groups is 2. The van der Waals surface area contributed by atoms with Crippen molar-refractivity contribution in [3.05, 3.63) is 12.2 Å². The van der Waals surface area contributed by atoms with Gasteiger partial charge in [0.2, 0.25) is 0 Å². The van der Waals surface area contributed by atoms with Crippen LogP contribution in [0.4, 0.5) is 0 Å². The van der Waals surface area contributed by atoms with Gasteiger partial charge in [0.05, 0.1) is 13.2 Å². The van der Waals surface area contributed by atoms with E-state index in [0.29, 0.717) is 25.0 Å². The van der Waals surface area contributed by atoms with Crippen molar-refractivity contribution < 1.29 is 28.5 Å². The SMILES string of the molecule is CC(C)COC(C)OC(=O)/C=C\C(=O)OC(C)OCC(C)C. The highest BCUT2D eigenvalue weighted by molar-refractivity contribution is 5.91. The van der Waals surface area contributed by atoms with Crippen LogP contribution < -0.4 is 0 Å². The van der Waals surface area contributed by atoms with Crippen molar-refractivity contribution in [3.63, 3.8) is 0 Å². The fourth-order valence-electron chi connectivity index (χ4n) is 1.27. The van der Waals surface area contributed by atoms with Crippen molar-refractivity contribution in [2.24, 2.45) is 11.8 Å². The second-order valence-electron chi connectivity index (χ2n) is 5.80. The lowest BCUT2D eigenvalue weighted by Crippen LogP contribution is -2.20. The lowest BCUT2D eigenvalue weighted by molar-refractivity contribution is -0.173. The zero-order chi connectivity index (χ0) is 17.1. The Morgan fingerprint density at radius 3 is 1.32 bits per heavy atom. The number of carbonyl (C=O) groups excluding carboxylic acids is 2. The van der Waals surface area contributed by atoms with E-state index in [1.54, 1.807) is 13.8 Å². The Bertz CT molecular complexity index is 328.